The Morgan fingerprint density at radius 3 is 1.96 bits per heavy atom. The molecule has 0 saturated carbocycles. The van der Waals surface area contributed by atoms with Gasteiger partial charge >= 0.3 is 0 Å². The third kappa shape index (κ3) is 12.9. The van der Waals surface area contributed by atoms with Crippen LogP contribution < -0.4 is 0 Å². The number of rotatable bonds is 16. The summed E-state index contributed by atoms with van der Waals surface area (Å²) in [5.41, 5.74) is -0.0752. The highest BCUT2D eigenvalue weighted by Crippen LogP contribution is 2.39. The summed E-state index contributed by atoms with van der Waals surface area (Å²) < 4.78 is 0. The Morgan fingerprint density at radius 2 is 1.33 bits per heavy atom. The standard InChI is InChI=1S/C24H50O2Si/c1-7-8-9-16-19-22(25)20-17-14-12-10-11-13-15-18-21-23(26)27(5,6)24(2,3)4/h14,17,22-23,25-26H,7-13,15-16,18-21H2,1-6H3/b17-14-/t22-,23?/m1/s1. The summed E-state index contributed by atoms with van der Waals surface area (Å²) in [5.74, 6) is 0. The Hall–Kier alpha value is -0.123. The predicted octanol–water partition coefficient (Wildman–Crippen LogP) is 7.40. The van der Waals surface area contributed by atoms with Gasteiger partial charge in [-0.25, -0.2) is 0 Å². The summed E-state index contributed by atoms with van der Waals surface area (Å²) in [6, 6.07) is 0. The van der Waals surface area contributed by atoms with Gasteiger partial charge in [0.25, 0.3) is 0 Å². The molecule has 0 radical (unpaired) electrons. The van der Waals surface area contributed by atoms with Crippen molar-refractivity contribution in [2.45, 2.75) is 141 Å². The average Bonchev–Trinajstić information content (AvgIpc) is 2.59. The molecule has 162 valence electrons. The third-order valence-corrected chi connectivity index (χ3v) is 12.4. The summed E-state index contributed by atoms with van der Waals surface area (Å²) in [6.07, 6.45) is 19.3. The normalized spacial score (nSPS) is 15.4. The molecule has 0 bridgehead atoms. The first-order valence-corrected chi connectivity index (χ1v) is 14.7. The smallest absolute Gasteiger partial charge is 0.0864 e. The van der Waals surface area contributed by atoms with Gasteiger partial charge in [-0.2, -0.15) is 0 Å². The van der Waals surface area contributed by atoms with Crippen LogP contribution in [0.15, 0.2) is 12.2 Å². The molecule has 27 heavy (non-hydrogen) atoms. The monoisotopic (exact) mass is 398 g/mol. The molecule has 3 heteroatoms. The molecule has 0 aliphatic carbocycles. The van der Waals surface area contributed by atoms with Crippen LogP contribution in [-0.4, -0.2) is 30.1 Å². The van der Waals surface area contributed by atoms with Crippen LogP contribution >= 0.6 is 0 Å². The van der Waals surface area contributed by atoms with E-state index in [9.17, 15) is 10.2 Å². The maximum Gasteiger partial charge on any atom is 0.0864 e. The molecule has 0 rings (SSSR count). The highest BCUT2D eigenvalue weighted by molar-refractivity contribution is 6.81. The van der Waals surface area contributed by atoms with E-state index < -0.39 is 8.07 Å². The molecule has 0 amide bonds. The number of allylic oxidation sites excluding steroid dienone is 1. The quantitative estimate of drug-likeness (QED) is 0.161. The fraction of sp³-hybridized carbons (Fsp3) is 0.917. The van der Waals surface area contributed by atoms with E-state index in [1.165, 1.54) is 44.9 Å². The van der Waals surface area contributed by atoms with Gasteiger partial charge in [0, 0.05) is 5.73 Å². The lowest BCUT2D eigenvalue weighted by Crippen LogP contribution is -2.49. The van der Waals surface area contributed by atoms with Crippen molar-refractivity contribution < 1.29 is 10.2 Å². The molecule has 0 heterocycles. The summed E-state index contributed by atoms with van der Waals surface area (Å²) in [7, 11) is -1.60. The van der Waals surface area contributed by atoms with Crippen LogP contribution in [0, 0.1) is 0 Å². The number of aliphatic hydroxyl groups is 2. The van der Waals surface area contributed by atoms with E-state index in [4.69, 9.17) is 0 Å². The zero-order valence-electron chi connectivity index (χ0n) is 19.4. The predicted molar refractivity (Wildman–Crippen MR) is 124 cm³/mol. The molecule has 1 unspecified atom stereocenters. The molecule has 0 aliphatic rings. The Bertz CT molecular complexity index is 371. The van der Waals surface area contributed by atoms with Crippen LogP contribution in [0.5, 0.6) is 0 Å². The molecule has 2 nitrogen and oxygen atoms in total. The molecule has 2 atom stereocenters. The summed E-state index contributed by atoms with van der Waals surface area (Å²) in [6.45, 7) is 13.7. The first-order chi connectivity index (χ1) is 12.6. The summed E-state index contributed by atoms with van der Waals surface area (Å²) >= 11 is 0. The molecular formula is C24H50O2Si. The van der Waals surface area contributed by atoms with Crippen molar-refractivity contribution in [3.8, 4) is 0 Å². The van der Waals surface area contributed by atoms with Gasteiger partial charge in [-0.3, -0.25) is 0 Å². The Kier molecular flexibility index (Phi) is 14.7. The van der Waals surface area contributed by atoms with Crippen LogP contribution in [0.3, 0.4) is 0 Å². The summed E-state index contributed by atoms with van der Waals surface area (Å²) in [5, 5.41) is 20.8. The van der Waals surface area contributed by atoms with E-state index in [-0.39, 0.29) is 16.9 Å². The maximum absolute atomic E-state index is 10.6. The minimum absolute atomic E-state index is 0.0752. The third-order valence-electron chi connectivity index (χ3n) is 6.58. The van der Waals surface area contributed by atoms with E-state index in [2.05, 4.69) is 52.9 Å². The Balaban J connectivity index is 3.59. The Morgan fingerprint density at radius 1 is 0.778 bits per heavy atom. The van der Waals surface area contributed by atoms with Crippen molar-refractivity contribution in [3.05, 3.63) is 12.2 Å². The minimum Gasteiger partial charge on any atom is -0.397 e. The van der Waals surface area contributed by atoms with E-state index in [1.54, 1.807) is 0 Å². The second-order valence-corrected chi connectivity index (χ2v) is 15.7. The van der Waals surface area contributed by atoms with E-state index in [0.29, 0.717) is 0 Å². The van der Waals surface area contributed by atoms with Gasteiger partial charge in [0.1, 0.15) is 0 Å². The second kappa shape index (κ2) is 14.8. The van der Waals surface area contributed by atoms with Crippen molar-refractivity contribution in [2.75, 3.05) is 0 Å². The van der Waals surface area contributed by atoms with E-state index in [1.807, 2.05) is 0 Å². The van der Waals surface area contributed by atoms with Crippen LogP contribution in [0.25, 0.3) is 0 Å². The van der Waals surface area contributed by atoms with Crippen LogP contribution in [0.2, 0.25) is 18.1 Å². The van der Waals surface area contributed by atoms with Crippen LogP contribution in [-0.2, 0) is 0 Å². The van der Waals surface area contributed by atoms with Crippen molar-refractivity contribution in [3.63, 3.8) is 0 Å². The highest BCUT2D eigenvalue weighted by Gasteiger charge is 2.40. The fourth-order valence-electron chi connectivity index (χ4n) is 3.29. The van der Waals surface area contributed by atoms with Crippen molar-refractivity contribution >= 4 is 8.07 Å². The van der Waals surface area contributed by atoms with Gasteiger partial charge in [0.15, 0.2) is 0 Å². The lowest BCUT2D eigenvalue weighted by atomic mass is 10.1. The molecular weight excluding hydrogens is 348 g/mol. The minimum atomic E-state index is -1.60. The van der Waals surface area contributed by atoms with Crippen molar-refractivity contribution in [1.82, 2.24) is 0 Å². The van der Waals surface area contributed by atoms with Crippen molar-refractivity contribution in [1.29, 1.82) is 0 Å². The van der Waals surface area contributed by atoms with E-state index in [0.717, 1.165) is 38.5 Å². The molecule has 0 spiro atoms. The fourth-order valence-corrected chi connectivity index (χ4v) is 5.21. The number of hydrogen-bond donors (Lipinski definition) is 2. The zero-order chi connectivity index (χ0) is 20.8. The topological polar surface area (TPSA) is 40.5 Å². The van der Waals surface area contributed by atoms with Gasteiger partial charge in [0.05, 0.1) is 14.2 Å². The van der Waals surface area contributed by atoms with Crippen LogP contribution in [0.4, 0.5) is 0 Å². The molecule has 2 N–H and O–H groups in total. The highest BCUT2D eigenvalue weighted by atomic mass is 28.3. The number of aliphatic hydroxyl groups excluding tert-OH is 2. The zero-order valence-corrected chi connectivity index (χ0v) is 20.4. The Labute approximate surface area is 171 Å². The molecule has 0 saturated heterocycles. The molecule has 0 aromatic carbocycles. The van der Waals surface area contributed by atoms with E-state index >= 15 is 0 Å². The van der Waals surface area contributed by atoms with Crippen molar-refractivity contribution in [2.24, 2.45) is 0 Å². The first kappa shape index (κ1) is 26.9. The second-order valence-electron chi connectivity index (χ2n) is 10.0. The molecule has 0 aromatic heterocycles. The van der Waals surface area contributed by atoms with Gasteiger partial charge in [-0.15, -0.1) is 0 Å². The molecule has 0 aromatic rings. The largest absolute Gasteiger partial charge is 0.397 e. The van der Waals surface area contributed by atoms with Crippen LogP contribution in [0.1, 0.15) is 111 Å². The van der Waals surface area contributed by atoms with Gasteiger partial charge in [0.2, 0.25) is 0 Å². The number of hydrogen-bond acceptors (Lipinski definition) is 2. The first-order valence-electron chi connectivity index (χ1n) is 11.6. The van der Waals surface area contributed by atoms with Gasteiger partial charge < -0.3 is 10.2 Å². The maximum atomic E-state index is 10.6. The van der Waals surface area contributed by atoms with Gasteiger partial charge in [-0.05, 0) is 37.1 Å². The van der Waals surface area contributed by atoms with Gasteiger partial charge in [-0.1, -0.05) is 104 Å². The average molecular weight is 399 g/mol. The SMILES string of the molecule is CCCCCC[C@@H](O)C/C=C\CCCCCCCC(O)[Si](C)(C)C(C)(C)C. The summed E-state index contributed by atoms with van der Waals surface area (Å²) in [4.78, 5) is 0. The number of unbranched alkanes of at least 4 members (excludes halogenated alkanes) is 8. The lowest BCUT2D eigenvalue weighted by molar-refractivity contribution is 0.163. The lowest BCUT2D eigenvalue weighted by Gasteiger charge is -2.40. The molecule has 0 fully saturated rings. The molecule has 0 aliphatic heterocycles.